The monoisotopic (exact) mass is 411 g/mol. The second kappa shape index (κ2) is 7.44. The van der Waals surface area contributed by atoms with Crippen molar-refractivity contribution in [2.24, 2.45) is 0 Å². The Labute approximate surface area is 171 Å². The minimum Gasteiger partial charge on any atom is -0.512 e. The van der Waals surface area contributed by atoms with Crippen molar-refractivity contribution in [3.63, 3.8) is 0 Å². The van der Waals surface area contributed by atoms with Crippen LogP contribution in [0.25, 0.3) is 21.7 Å². The molecule has 0 aromatic carbocycles. The van der Waals surface area contributed by atoms with Gasteiger partial charge in [-0.25, -0.2) is 14.3 Å². The van der Waals surface area contributed by atoms with E-state index in [9.17, 15) is 14.7 Å². The number of ether oxygens (including phenoxy) is 1. The Balaban J connectivity index is 1.82. The molecule has 4 rings (SSSR count). The highest BCUT2D eigenvalue weighted by atomic mass is 32.1. The van der Waals surface area contributed by atoms with Crippen molar-refractivity contribution in [1.82, 2.24) is 14.6 Å². The van der Waals surface area contributed by atoms with Gasteiger partial charge in [0.2, 0.25) is 0 Å². The number of Topliss-reactive ketones (excluding diaryl/α,β-unsaturated/α-hetero) is 1. The molecule has 29 heavy (non-hydrogen) atoms. The van der Waals surface area contributed by atoms with Gasteiger partial charge in [-0.3, -0.25) is 4.79 Å². The van der Waals surface area contributed by atoms with Crippen molar-refractivity contribution >= 4 is 34.2 Å². The van der Waals surface area contributed by atoms with Crippen molar-refractivity contribution in [3.05, 3.63) is 46.4 Å². The van der Waals surface area contributed by atoms with Gasteiger partial charge in [-0.1, -0.05) is 0 Å². The second-order valence-corrected chi connectivity index (χ2v) is 8.05. The van der Waals surface area contributed by atoms with E-state index in [2.05, 4.69) is 5.10 Å². The molecule has 0 bridgehead atoms. The standard InChI is InChI=1S/C21H21N3O4S/c1-4-28-21(27)19-18(13-5-6-13)23-20(29-19)14-7-8-24-16(9-14)15(10-22-24)17(11(2)25)12(3)26/h7-10,13,25H,4-6H2,1-3H3/b17-11+. The number of aliphatic hydroxyl groups is 1. The summed E-state index contributed by atoms with van der Waals surface area (Å²) in [7, 11) is 0. The SMILES string of the molecule is CCOC(=O)c1sc(-c2ccn3ncc(/C(C(C)=O)=C(\C)O)c3c2)nc1C1CC1. The van der Waals surface area contributed by atoms with Gasteiger partial charge in [0.15, 0.2) is 5.78 Å². The van der Waals surface area contributed by atoms with Crippen LogP contribution in [-0.4, -0.2) is 38.1 Å². The predicted molar refractivity (Wildman–Crippen MR) is 110 cm³/mol. The summed E-state index contributed by atoms with van der Waals surface area (Å²) < 4.78 is 6.85. The van der Waals surface area contributed by atoms with Gasteiger partial charge in [-0.2, -0.15) is 5.10 Å². The third-order valence-corrected chi connectivity index (χ3v) is 5.93. The lowest BCUT2D eigenvalue weighted by Gasteiger charge is -2.05. The maximum absolute atomic E-state index is 12.4. The van der Waals surface area contributed by atoms with Gasteiger partial charge < -0.3 is 9.84 Å². The number of nitrogens with zero attached hydrogens (tertiary/aromatic N) is 3. The summed E-state index contributed by atoms with van der Waals surface area (Å²) in [5.41, 5.74) is 3.11. The molecule has 3 heterocycles. The molecule has 3 aromatic rings. The molecule has 1 saturated carbocycles. The van der Waals surface area contributed by atoms with Crippen molar-refractivity contribution in [2.75, 3.05) is 6.61 Å². The molecule has 0 saturated heterocycles. The molecule has 3 aromatic heterocycles. The zero-order chi connectivity index (χ0) is 20.7. The number of aliphatic hydroxyl groups excluding tert-OH is 1. The van der Waals surface area contributed by atoms with Crippen molar-refractivity contribution < 1.29 is 19.4 Å². The van der Waals surface area contributed by atoms with Crippen molar-refractivity contribution in [1.29, 1.82) is 0 Å². The van der Waals surface area contributed by atoms with E-state index in [1.165, 1.54) is 25.2 Å². The van der Waals surface area contributed by atoms with Gasteiger partial charge in [-0.05, 0) is 45.7 Å². The van der Waals surface area contributed by atoms with Gasteiger partial charge in [0, 0.05) is 23.2 Å². The van der Waals surface area contributed by atoms with Gasteiger partial charge in [0.25, 0.3) is 0 Å². The number of fused-ring (bicyclic) bond motifs is 1. The van der Waals surface area contributed by atoms with E-state index >= 15 is 0 Å². The van der Waals surface area contributed by atoms with Crippen LogP contribution in [0.4, 0.5) is 0 Å². The van der Waals surface area contributed by atoms with Crippen LogP contribution in [0.15, 0.2) is 30.3 Å². The van der Waals surface area contributed by atoms with Crippen LogP contribution in [0, 0.1) is 0 Å². The number of thiazole rings is 1. The zero-order valence-electron chi connectivity index (χ0n) is 16.4. The Bertz CT molecular complexity index is 1150. The Kier molecular flexibility index (Phi) is 4.96. The average molecular weight is 411 g/mol. The number of hydrogen-bond acceptors (Lipinski definition) is 7. The van der Waals surface area contributed by atoms with Gasteiger partial charge in [0.05, 0.1) is 29.6 Å². The third-order valence-electron chi connectivity index (χ3n) is 4.83. The number of ketones is 1. The molecule has 0 spiro atoms. The Morgan fingerprint density at radius 2 is 2.10 bits per heavy atom. The first-order chi connectivity index (χ1) is 13.9. The molecule has 1 aliphatic rings. The molecule has 0 atom stereocenters. The highest BCUT2D eigenvalue weighted by Gasteiger charge is 2.33. The highest BCUT2D eigenvalue weighted by molar-refractivity contribution is 7.17. The number of aromatic nitrogens is 3. The van der Waals surface area contributed by atoms with Crippen LogP contribution in [-0.2, 0) is 9.53 Å². The summed E-state index contributed by atoms with van der Waals surface area (Å²) in [6.45, 7) is 5.01. The maximum atomic E-state index is 12.4. The lowest BCUT2D eigenvalue weighted by molar-refractivity contribution is -0.111. The van der Waals surface area contributed by atoms with E-state index in [-0.39, 0.29) is 23.1 Å². The van der Waals surface area contributed by atoms with Crippen LogP contribution < -0.4 is 0 Å². The zero-order valence-corrected chi connectivity index (χ0v) is 17.2. The Morgan fingerprint density at radius 3 is 2.72 bits per heavy atom. The first kappa shape index (κ1) is 19.3. The fourth-order valence-corrected chi connectivity index (χ4v) is 4.42. The fraction of sp³-hybridized carbons (Fsp3) is 0.333. The molecule has 7 nitrogen and oxygen atoms in total. The number of hydrogen-bond donors (Lipinski definition) is 1. The topological polar surface area (TPSA) is 93.8 Å². The van der Waals surface area contributed by atoms with Gasteiger partial charge in [-0.15, -0.1) is 11.3 Å². The largest absolute Gasteiger partial charge is 0.512 e. The molecule has 0 radical (unpaired) electrons. The van der Waals surface area contributed by atoms with Crippen LogP contribution in [0.3, 0.4) is 0 Å². The lowest BCUT2D eigenvalue weighted by atomic mass is 10.0. The molecular weight excluding hydrogens is 390 g/mol. The summed E-state index contributed by atoms with van der Waals surface area (Å²) >= 11 is 1.32. The minimum absolute atomic E-state index is 0.0485. The average Bonchev–Trinajstić information content (AvgIpc) is 3.29. The maximum Gasteiger partial charge on any atom is 0.350 e. The normalized spacial score (nSPS) is 14.7. The minimum atomic E-state index is -0.332. The van der Waals surface area contributed by atoms with Gasteiger partial charge in [0.1, 0.15) is 15.6 Å². The molecule has 8 heteroatoms. The van der Waals surface area contributed by atoms with E-state index in [0.29, 0.717) is 28.5 Å². The van der Waals surface area contributed by atoms with Crippen LogP contribution in [0.1, 0.15) is 60.5 Å². The van der Waals surface area contributed by atoms with Crippen LogP contribution >= 0.6 is 11.3 Å². The smallest absolute Gasteiger partial charge is 0.350 e. The summed E-state index contributed by atoms with van der Waals surface area (Å²) in [4.78, 5) is 29.7. The van der Waals surface area contributed by atoms with E-state index in [4.69, 9.17) is 9.72 Å². The molecule has 0 aliphatic heterocycles. The van der Waals surface area contributed by atoms with E-state index in [1.54, 1.807) is 23.8 Å². The van der Waals surface area contributed by atoms with Crippen LogP contribution in [0.2, 0.25) is 0 Å². The molecular formula is C21H21N3O4S. The molecule has 0 unspecified atom stereocenters. The predicted octanol–water partition coefficient (Wildman–Crippen LogP) is 4.39. The van der Waals surface area contributed by atoms with E-state index < -0.39 is 0 Å². The number of esters is 1. The number of carbonyl (C=O) groups is 2. The van der Waals surface area contributed by atoms with Crippen LogP contribution in [0.5, 0.6) is 0 Å². The summed E-state index contributed by atoms with van der Waals surface area (Å²) in [6.07, 6.45) is 5.41. The first-order valence-corrected chi connectivity index (χ1v) is 10.3. The number of rotatable bonds is 6. The molecule has 150 valence electrons. The second-order valence-electron chi connectivity index (χ2n) is 7.05. The number of allylic oxidation sites excluding steroid dienone is 2. The first-order valence-electron chi connectivity index (χ1n) is 9.47. The van der Waals surface area contributed by atoms with E-state index in [1.807, 2.05) is 12.1 Å². The summed E-state index contributed by atoms with van der Waals surface area (Å²) in [6, 6.07) is 3.75. The number of pyridine rings is 1. The van der Waals surface area contributed by atoms with Gasteiger partial charge >= 0.3 is 5.97 Å². The molecule has 1 aliphatic carbocycles. The van der Waals surface area contributed by atoms with Crippen molar-refractivity contribution in [3.8, 4) is 10.6 Å². The summed E-state index contributed by atoms with van der Waals surface area (Å²) in [5, 5.41) is 15.0. The van der Waals surface area contributed by atoms with Crippen molar-refractivity contribution in [2.45, 2.75) is 39.5 Å². The third kappa shape index (κ3) is 3.55. The fourth-order valence-electron chi connectivity index (χ4n) is 3.38. The highest BCUT2D eigenvalue weighted by Crippen LogP contribution is 2.44. The summed E-state index contributed by atoms with van der Waals surface area (Å²) in [5.74, 6) is -0.298. The number of carbonyl (C=O) groups excluding carboxylic acids is 2. The Morgan fingerprint density at radius 1 is 1.34 bits per heavy atom. The van der Waals surface area contributed by atoms with E-state index in [0.717, 1.165) is 29.1 Å². The Hall–Kier alpha value is -3.00. The quantitative estimate of drug-likeness (QED) is 0.367. The molecule has 0 amide bonds. The lowest BCUT2D eigenvalue weighted by Crippen LogP contribution is -2.05. The molecule has 1 fully saturated rings. The molecule has 1 N–H and O–H groups in total.